The molecule has 0 radical (unpaired) electrons. The number of fused-ring (bicyclic) bond motifs is 1. The van der Waals surface area contributed by atoms with Gasteiger partial charge in [0.25, 0.3) is 0 Å². The molecule has 214 valence electrons. The molecule has 1 aromatic heterocycles. The van der Waals surface area contributed by atoms with Crippen LogP contribution in [0.1, 0.15) is 24.0 Å². The molecule has 5 nitrogen and oxygen atoms in total. The van der Waals surface area contributed by atoms with Crippen LogP contribution in [0, 0.1) is 0 Å². The SMILES string of the molecule is O=C(N(c1ccc(-c2nc3ccccc3n2Cc2ccccc2)cc1)C1CCN(Cc2ccccc2)CC1)C(F)(F)F. The molecular formula is C34H31F3N4O. The van der Waals surface area contributed by atoms with Crippen LogP contribution in [-0.2, 0) is 17.9 Å². The molecule has 0 spiro atoms. The zero-order valence-electron chi connectivity index (χ0n) is 23.0. The van der Waals surface area contributed by atoms with Crippen molar-refractivity contribution in [2.75, 3.05) is 18.0 Å². The van der Waals surface area contributed by atoms with Crippen LogP contribution in [0.15, 0.2) is 109 Å². The summed E-state index contributed by atoms with van der Waals surface area (Å²) in [6.07, 6.45) is -4.05. The minimum absolute atomic E-state index is 0.244. The first kappa shape index (κ1) is 27.7. The highest BCUT2D eigenvalue weighted by molar-refractivity contribution is 5.98. The number of halogens is 3. The van der Waals surface area contributed by atoms with Crippen LogP contribution < -0.4 is 4.90 Å². The Morgan fingerprint density at radius 1 is 0.762 bits per heavy atom. The highest BCUT2D eigenvalue weighted by atomic mass is 19.4. The zero-order chi connectivity index (χ0) is 29.1. The number of nitrogens with zero attached hydrogens (tertiary/aromatic N) is 4. The molecule has 2 heterocycles. The fourth-order valence-electron chi connectivity index (χ4n) is 5.80. The van der Waals surface area contributed by atoms with E-state index in [1.165, 1.54) is 0 Å². The van der Waals surface area contributed by atoms with Crippen molar-refractivity contribution in [2.45, 2.75) is 38.1 Å². The van der Waals surface area contributed by atoms with Gasteiger partial charge in [-0.25, -0.2) is 4.98 Å². The van der Waals surface area contributed by atoms with Gasteiger partial charge in [0.1, 0.15) is 5.82 Å². The molecule has 0 N–H and O–H groups in total. The smallest absolute Gasteiger partial charge is 0.319 e. The molecule has 1 amide bonds. The molecule has 1 aliphatic rings. The number of carbonyl (C=O) groups is 1. The molecule has 5 aromatic rings. The maximum Gasteiger partial charge on any atom is 0.471 e. The first-order valence-corrected chi connectivity index (χ1v) is 14.1. The Kier molecular flexibility index (Phi) is 7.80. The largest absolute Gasteiger partial charge is 0.471 e. The second-order valence-corrected chi connectivity index (χ2v) is 10.7. The Morgan fingerprint density at radius 3 is 1.95 bits per heavy atom. The van der Waals surface area contributed by atoms with E-state index in [0.29, 0.717) is 32.5 Å². The third-order valence-corrected chi connectivity index (χ3v) is 7.87. The standard InChI is InChI=1S/C34H31F3N4O/c35-34(36,37)33(42)41(29-19-21-39(22-20-29)23-25-9-3-1-4-10-25)28-17-15-27(16-18-28)32-38-30-13-7-8-14-31(30)40(32)24-26-11-5-2-6-12-26/h1-18,29H,19-24H2. The first-order valence-electron chi connectivity index (χ1n) is 14.1. The van der Waals surface area contributed by atoms with Crippen LogP contribution in [0.3, 0.4) is 0 Å². The number of hydrogen-bond donors (Lipinski definition) is 0. The molecule has 1 saturated heterocycles. The number of piperidine rings is 1. The highest BCUT2D eigenvalue weighted by Gasteiger charge is 2.45. The maximum absolute atomic E-state index is 13.8. The van der Waals surface area contributed by atoms with Crippen LogP contribution in [0.2, 0.25) is 0 Å². The molecule has 1 aliphatic heterocycles. The Labute approximate surface area is 242 Å². The van der Waals surface area contributed by atoms with Gasteiger partial charge in [0.2, 0.25) is 0 Å². The molecule has 0 saturated carbocycles. The number of alkyl halides is 3. The second kappa shape index (κ2) is 11.8. The molecule has 42 heavy (non-hydrogen) atoms. The van der Waals surface area contributed by atoms with E-state index in [1.54, 1.807) is 24.3 Å². The average molecular weight is 569 g/mol. The van der Waals surface area contributed by atoms with E-state index >= 15 is 0 Å². The fourth-order valence-corrected chi connectivity index (χ4v) is 5.80. The van der Waals surface area contributed by atoms with Crippen molar-refractivity contribution in [3.63, 3.8) is 0 Å². The number of anilines is 1. The molecule has 4 aromatic carbocycles. The molecule has 0 bridgehead atoms. The zero-order valence-corrected chi connectivity index (χ0v) is 23.0. The van der Waals surface area contributed by atoms with Gasteiger partial charge in [0.05, 0.1) is 11.0 Å². The van der Waals surface area contributed by atoms with Crippen LogP contribution in [0.25, 0.3) is 22.4 Å². The minimum atomic E-state index is -4.97. The third-order valence-electron chi connectivity index (χ3n) is 7.87. The van der Waals surface area contributed by atoms with Crippen molar-refractivity contribution >= 4 is 22.6 Å². The molecule has 0 atom stereocenters. The Hall–Kier alpha value is -4.43. The predicted molar refractivity (Wildman–Crippen MR) is 159 cm³/mol. The molecule has 1 fully saturated rings. The van der Waals surface area contributed by atoms with Crippen molar-refractivity contribution in [3.8, 4) is 11.4 Å². The van der Waals surface area contributed by atoms with E-state index in [1.807, 2.05) is 84.9 Å². The number of benzene rings is 4. The normalized spacial score (nSPS) is 14.7. The van der Waals surface area contributed by atoms with E-state index in [4.69, 9.17) is 4.98 Å². The fraction of sp³-hybridized carbons (Fsp3) is 0.235. The van der Waals surface area contributed by atoms with Crippen molar-refractivity contribution < 1.29 is 18.0 Å². The lowest BCUT2D eigenvalue weighted by molar-refractivity contribution is -0.171. The van der Waals surface area contributed by atoms with Crippen molar-refractivity contribution in [1.82, 2.24) is 14.5 Å². The molecule has 0 aliphatic carbocycles. The molecule has 6 rings (SSSR count). The van der Waals surface area contributed by atoms with E-state index < -0.39 is 18.1 Å². The van der Waals surface area contributed by atoms with Crippen LogP contribution in [0.5, 0.6) is 0 Å². The molecular weight excluding hydrogens is 537 g/mol. The van der Waals surface area contributed by atoms with Crippen molar-refractivity contribution in [1.29, 1.82) is 0 Å². The van der Waals surface area contributed by atoms with Gasteiger partial charge in [0.15, 0.2) is 0 Å². The van der Waals surface area contributed by atoms with E-state index in [0.717, 1.165) is 45.0 Å². The van der Waals surface area contributed by atoms with Gasteiger partial charge in [-0.05, 0) is 60.4 Å². The summed E-state index contributed by atoms with van der Waals surface area (Å²) in [5.74, 6) is -1.11. The number of hydrogen-bond acceptors (Lipinski definition) is 3. The number of para-hydroxylation sites is 2. The third kappa shape index (κ3) is 5.94. The second-order valence-electron chi connectivity index (χ2n) is 10.7. The number of carbonyl (C=O) groups excluding carboxylic acids is 1. The monoisotopic (exact) mass is 568 g/mol. The summed E-state index contributed by atoms with van der Waals surface area (Å²) in [6.45, 7) is 2.56. The van der Waals surface area contributed by atoms with Crippen LogP contribution in [-0.4, -0.2) is 45.7 Å². The summed E-state index contributed by atoms with van der Waals surface area (Å²) in [5, 5.41) is 0. The van der Waals surface area contributed by atoms with Crippen molar-refractivity contribution in [3.05, 3.63) is 120 Å². The topological polar surface area (TPSA) is 41.4 Å². The van der Waals surface area contributed by atoms with E-state index in [9.17, 15) is 18.0 Å². The quantitative estimate of drug-likeness (QED) is 0.207. The average Bonchev–Trinajstić information content (AvgIpc) is 3.37. The summed E-state index contributed by atoms with van der Waals surface area (Å²) in [7, 11) is 0. The lowest BCUT2D eigenvalue weighted by atomic mass is 10.0. The summed E-state index contributed by atoms with van der Waals surface area (Å²) in [5.41, 5.74) is 5.09. The summed E-state index contributed by atoms with van der Waals surface area (Å²) >= 11 is 0. The number of likely N-dealkylation sites (tertiary alicyclic amines) is 1. The maximum atomic E-state index is 13.8. The van der Waals surface area contributed by atoms with Gasteiger partial charge in [-0.2, -0.15) is 13.2 Å². The van der Waals surface area contributed by atoms with Gasteiger partial charge >= 0.3 is 12.1 Å². The van der Waals surface area contributed by atoms with Gasteiger partial charge in [-0.3, -0.25) is 9.69 Å². The first-order chi connectivity index (χ1) is 20.4. The number of aromatic nitrogens is 2. The number of imidazole rings is 1. The Morgan fingerprint density at radius 2 is 1.33 bits per heavy atom. The van der Waals surface area contributed by atoms with Crippen LogP contribution in [0.4, 0.5) is 18.9 Å². The van der Waals surface area contributed by atoms with E-state index in [2.05, 4.69) is 9.47 Å². The van der Waals surface area contributed by atoms with Crippen molar-refractivity contribution in [2.24, 2.45) is 0 Å². The van der Waals surface area contributed by atoms with Gasteiger partial charge < -0.3 is 9.47 Å². The molecule has 0 unspecified atom stereocenters. The lowest BCUT2D eigenvalue weighted by Crippen LogP contribution is -2.51. The summed E-state index contributed by atoms with van der Waals surface area (Å²) in [6, 6.07) is 34.1. The summed E-state index contributed by atoms with van der Waals surface area (Å²) in [4.78, 5) is 20.8. The minimum Gasteiger partial charge on any atom is -0.319 e. The van der Waals surface area contributed by atoms with Gasteiger partial charge in [-0.1, -0.05) is 72.8 Å². The Balaban J connectivity index is 1.27. The summed E-state index contributed by atoms with van der Waals surface area (Å²) < 4.78 is 43.5. The Bertz CT molecular complexity index is 1640. The van der Waals surface area contributed by atoms with Gasteiger partial charge in [0, 0.05) is 43.5 Å². The number of amides is 1. The highest BCUT2D eigenvalue weighted by Crippen LogP contribution is 2.33. The van der Waals surface area contributed by atoms with Gasteiger partial charge in [-0.15, -0.1) is 0 Å². The number of rotatable bonds is 7. The predicted octanol–water partition coefficient (Wildman–Crippen LogP) is 7.31. The van der Waals surface area contributed by atoms with E-state index in [-0.39, 0.29) is 5.69 Å². The molecule has 8 heteroatoms. The van der Waals surface area contributed by atoms with Crippen LogP contribution >= 0.6 is 0 Å². The lowest BCUT2D eigenvalue weighted by Gasteiger charge is -2.38.